The number of nitrogens with one attached hydrogen (secondary N) is 3. The first kappa shape index (κ1) is 20.4. The van der Waals surface area contributed by atoms with Crippen molar-refractivity contribution < 1.29 is 19.3 Å². The molecule has 1 aliphatic rings. The highest BCUT2D eigenvalue weighted by Gasteiger charge is 2.31. The quantitative estimate of drug-likeness (QED) is 0.550. The van der Waals surface area contributed by atoms with Crippen LogP contribution in [0.5, 0.6) is 5.75 Å². The van der Waals surface area contributed by atoms with Crippen LogP contribution < -0.4 is 19.9 Å². The van der Waals surface area contributed by atoms with Crippen LogP contribution in [0.1, 0.15) is 6.92 Å². The maximum absolute atomic E-state index is 12.8. The Kier molecular flexibility index (Phi) is 6.62. The predicted octanol–water partition coefficient (Wildman–Crippen LogP) is 1.03. The normalized spacial score (nSPS) is 19.9. The maximum Gasteiger partial charge on any atom is 0.282 e. The first-order valence-electron chi connectivity index (χ1n) is 10.8. The molecule has 0 bridgehead atoms. The van der Waals surface area contributed by atoms with Crippen LogP contribution >= 0.6 is 0 Å². The van der Waals surface area contributed by atoms with Crippen LogP contribution in [0, 0.1) is 0 Å². The molecule has 0 spiro atoms. The van der Waals surface area contributed by atoms with E-state index >= 15 is 0 Å². The van der Waals surface area contributed by atoms with E-state index in [1.165, 1.54) is 10.3 Å². The van der Waals surface area contributed by atoms with Crippen LogP contribution in [0.25, 0.3) is 10.8 Å². The molecule has 3 N–H and O–H groups in total. The second-order valence-electron chi connectivity index (χ2n) is 8.09. The Hall–Kier alpha value is -2.89. The van der Waals surface area contributed by atoms with E-state index in [1.54, 1.807) is 4.90 Å². The molecule has 0 aliphatic carbocycles. The zero-order chi connectivity index (χ0) is 20.8. The summed E-state index contributed by atoms with van der Waals surface area (Å²) in [6.45, 7) is 7.92. The van der Waals surface area contributed by atoms with Gasteiger partial charge in [0.2, 0.25) is 0 Å². The van der Waals surface area contributed by atoms with E-state index in [2.05, 4.69) is 23.5 Å². The van der Waals surface area contributed by atoms with Gasteiger partial charge in [-0.1, -0.05) is 48.5 Å². The van der Waals surface area contributed by atoms with E-state index in [0.29, 0.717) is 0 Å². The molecule has 3 aromatic rings. The average molecular weight is 406 g/mol. The molecule has 3 aromatic carbocycles. The summed E-state index contributed by atoms with van der Waals surface area (Å²) in [5.74, 6) is 1.02. The Balaban J connectivity index is 1.23. The minimum Gasteiger partial charge on any atom is -0.488 e. The van der Waals surface area contributed by atoms with Crippen molar-refractivity contribution in [3.63, 3.8) is 0 Å². The third kappa shape index (κ3) is 5.17. The Bertz CT molecular complexity index is 968. The molecular weight excluding hydrogens is 374 g/mol. The zero-order valence-corrected chi connectivity index (χ0v) is 17.6. The van der Waals surface area contributed by atoms with Crippen molar-refractivity contribution in [2.45, 2.75) is 13.0 Å². The smallest absolute Gasteiger partial charge is 0.282 e. The highest BCUT2D eigenvalue weighted by molar-refractivity contribution is 5.96. The lowest BCUT2D eigenvalue weighted by atomic mass is 10.1. The number of piperazine rings is 1. The Morgan fingerprint density at radius 2 is 1.63 bits per heavy atom. The highest BCUT2D eigenvalue weighted by atomic mass is 16.5. The summed E-state index contributed by atoms with van der Waals surface area (Å²) in [6.07, 6.45) is 0. The number of carbonyl (C=O) groups excluding carboxylic acids is 1. The predicted molar refractivity (Wildman–Crippen MR) is 120 cm³/mol. The SMILES string of the molecule is C[C@H](C(=O)Nc1ccc2ccccc2c1)[NH+]1CC[NH+](CCOc2ccccc2)CC1. The topological polar surface area (TPSA) is 47.2 Å². The van der Waals surface area contributed by atoms with Crippen LogP contribution in [0.15, 0.2) is 72.8 Å². The standard InChI is InChI=1S/C25H29N3O2/c1-20(25(29)26-23-12-11-21-7-5-6-8-22(21)19-23)28-15-13-27(14-16-28)17-18-30-24-9-3-2-4-10-24/h2-12,19-20H,13-18H2,1H3,(H,26,29)/p+2/t20-/m1/s1. The van der Waals surface area contributed by atoms with E-state index in [4.69, 9.17) is 4.74 Å². The largest absolute Gasteiger partial charge is 0.488 e. The van der Waals surface area contributed by atoms with Crippen molar-refractivity contribution in [2.75, 3.05) is 44.6 Å². The molecule has 0 aromatic heterocycles. The van der Waals surface area contributed by atoms with Crippen LogP contribution in [-0.4, -0.2) is 51.3 Å². The Morgan fingerprint density at radius 1 is 0.933 bits per heavy atom. The second kappa shape index (κ2) is 9.74. The molecule has 30 heavy (non-hydrogen) atoms. The van der Waals surface area contributed by atoms with Gasteiger partial charge in [0, 0.05) is 5.69 Å². The van der Waals surface area contributed by atoms with E-state index < -0.39 is 0 Å². The lowest BCUT2D eigenvalue weighted by Crippen LogP contribution is -3.30. The van der Waals surface area contributed by atoms with Gasteiger partial charge in [0.25, 0.3) is 5.91 Å². The van der Waals surface area contributed by atoms with Gasteiger partial charge in [-0.2, -0.15) is 0 Å². The van der Waals surface area contributed by atoms with Crippen LogP contribution in [0.4, 0.5) is 5.69 Å². The summed E-state index contributed by atoms with van der Waals surface area (Å²) < 4.78 is 5.83. The zero-order valence-electron chi connectivity index (χ0n) is 17.6. The van der Waals surface area contributed by atoms with Crippen LogP contribution in [0.2, 0.25) is 0 Å². The minimum atomic E-state index is -0.0569. The summed E-state index contributed by atoms with van der Waals surface area (Å²) in [5, 5.41) is 5.44. The molecule has 5 nitrogen and oxygen atoms in total. The summed E-state index contributed by atoms with van der Waals surface area (Å²) in [6, 6.07) is 24.2. The number of amides is 1. The number of quaternary nitrogens is 2. The first-order chi connectivity index (χ1) is 14.7. The molecule has 5 heteroatoms. The number of anilines is 1. The van der Waals surface area contributed by atoms with Crippen molar-refractivity contribution in [1.82, 2.24) is 0 Å². The maximum atomic E-state index is 12.8. The number of hydrogen-bond donors (Lipinski definition) is 3. The Morgan fingerprint density at radius 3 is 2.40 bits per heavy atom. The number of fused-ring (bicyclic) bond motifs is 1. The highest BCUT2D eigenvalue weighted by Crippen LogP contribution is 2.18. The fourth-order valence-electron chi connectivity index (χ4n) is 4.14. The minimum absolute atomic E-state index is 0.0569. The van der Waals surface area contributed by atoms with Crippen molar-refractivity contribution in [3.05, 3.63) is 72.8 Å². The number of carbonyl (C=O) groups is 1. The first-order valence-corrected chi connectivity index (χ1v) is 10.8. The van der Waals surface area contributed by atoms with Gasteiger partial charge < -0.3 is 19.9 Å². The van der Waals surface area contributed by atoms with Gasteiger partial charge in [-0.15, -0.1) is 0 Å². The monoisotopic (exact) mass is 405 g/mol. The number of rotatable bonds is 7. The lowest BCUT2D eigenvalue weighted by Gasteiger charge is -2.32. The summed E-state index contributed by atoms with van der Waals surface area (Å²) in [7, 11) is 0. The van der Waals surface area contributed by atoms with Gasteiger partial charge in [0.05, 0.1) is 0 Å². The van der Waals surface area contributed by atoms with Gasteiger partial charge in [0.15, 0.2) is 6.04 Å². The van der Waals surface area contributed by atoms with Crippen molar-refractivity contribution in [2.24, 2.45) is 0 Å². The summed E-state index contributed by atoms with van der Waals surface area (Å²) in [5.41, 5.74) is 0.868. The average Bonchev–Trinajstić information content (AvgIpc) is 2.80. The third-order valence-electron chi connectivity index (χ3n) is 6.09. The van der Waals surface area contributed by atoms with Gasteiger partial charge in [0.1, 0.15) is 45.1 Å². The molecule has 1 amide bonds. The van der Waals surface area contributed by atoms with Crippen molar-refractivity contribution in [3.8, 4) is 5.75 Å². The fraction of sp³-hybridized carbons (Fsp3) is 0.320. The third-order valence-corrected chi connectivity index (χ3v) is 6.09. The molecular formula is C25H31N3O2+2. The fourth-order valence-corrected chi connectivity index (χ4v) is 4.14. The van der Waals surface area contributed by atoms with E-state index in [-0.39, 0.29) is 11.9 Å². The molecule has 4 rings (SSSR count). The molecule has 1 saturated heterocycles. The number of benzene rings is 3. The van der Waals surface area contributed by atoms with Gasteiger partial charge in [-0.25, -0.2) is 0 Å². The lowest BCUT2D eigenvalue weighted by molar-refractivity contribution is -1.02. The Labute approximate surface area is 178 Å². The van der Waals surface area contributed by atoms with E-state index in [9.17, 15) is 4.79 Å². The molecule has 1 heterocycles. The van der Waals surface area contributed by atoms with Gasteiger partial charge >= 0.3 is 0 Å². The second-order valence-corrected chi connectivity index (χ2v) is 8.09. The molecule has 1 atom stereocenters. The van der Waals surface area contributed by atoms with Gasteiger partial charge in [-0.05, 0) is 42.0 Å². The number of ether oxygens (including phenoxy) is 1. The van der Waals surface area contributed by atoms with Crippen LogP contribution in [0.3, 0.4) is 0 Å². The molecule has 1 fully saturated rings. The molecule has 0 saturated carbocycles. The van der Waals surface area contributed by atoms with E-state index in [1.807, 2.05) is 61.5 Å². The van der Waals surface area contributed by atoms with Crippen LogP contribution in [-0.2, 0) is 4.79 Å². The van der Waals surface area contributed by atoms with Crippen molar-refractivity contribution in [1.29, 1.82) is 0 Å². The summed E-state index contributed by atoms with van der Waals surface area (Å²) >= 11 is 0. The number of para-hydroxylation sites is 1. The number of hydrogen-bond acceptors (Lipinski definition) is 2. The van der Waals surface area contributed by atoms with E-state index in [0.717, 1.165) is 56.2 Å². The molecule has 0 unspecified atom stereocenters. The molecule has 156 valence electrons. The van der Waals surface area contributed by atoms with Gasteiger partial charge in [-0.3, -0.25) is 4.79 Å². The molecule has 0 radical (unpaired) electrons. The van der Waals surface area contributed by atoms with Crippen molar-refractivity contribution >= 4 is 22.4 Å². The summed E-state index contributed by atoms with van der Waals surface area (Å²) in [4.78, 5) is 15.7. The molecule has 1 aliphatic heterocycles.